The summed E-state index contributed by atoms with van der Waals surface area (Å²) in [6.45, 7) is 4.85. The summed E-state index contributed by atoms with van der Waals surface area (Å²) >= 11 is 0. The van der Waals surface area contributed by atoms with Crippen LogP contribution in [-0.2, 0) is 9.53 Å². The second-order valence-electron chi connectivity index (χ2n) is 7.00. The second-order valence-corrected chi connectivity index (χ2v) is 7.00. The van der Waals surface area contributed by atoms with Crippen molar-refractivity contribution in [2.45, 2.75) is 12.8 Å². The lowest BCUT2D eigenvalue weighted by Crippen LogP contribution is -2.40. The lowest BCUT2D eigenvalue weighted by molar-refractivity contribution is -0.116. The maximum atomic E-state index is 13.0. The van der Waals surface area contributed by atoms with Crippen molar-refractivity contribution in [3.8, 4) is 0 Å². The van der Waals surface area contributed by atoms with E-state index in [-0.39, 0.29) is 36.3 Å². The van der Waals surface area contributed by atoms with Gasteiger partial charge in [-0.2, -0.15) is 0 Å². The van der Waals surface area contributed by atoms with Crippen LogP contribution in [0.15, 0.2) is 42.9 Å². The van der Waals surface area contributed by atoms with Crippen LogP contribution in [0.2, 0.25) is 0 Å². The molecule has 1 aliphatic heterocycles. The largest absolute Gasteiger partial charge is 0.379 e. The molecule has 0 aliphatic carbocycles. The Hall–Kier alpha value is -2.91. The Morgan fingerprint density at radius 3 is 2.60 bits per heavy atom. The zero-order valence-corrected chi connectivity index (χ0v) is 16.8. The van der Waals surface area contributed by atoms with Crippen LogP contribution in [-0.4, -0.2) is 77.5 Å². The number of carbonyl (C=O) groups excluding carboxylic acids is 2. The van der Waals surface area contributed by atoms with Crippen LogP contribution in [0.1, 0.15) is 23.3 Å². The predicted octanol–water partition coefficient (Wildman–Crippen LogP) is 1.81. The predicted molar refractivity (Wildman–Crippen MR) is 109 cm³/mol. The van der Waals surface area contributed by atoms with E-state index in [9.17, 15) is 14.0 Å². The van der Waals surface area contributed by atoms with E-state index in [4.69, 9.17) is 4.74 Å². The lowest BCUT2D eigenvalue weighted by atomic mass is 10.2. The molecule has 2 amide bonds. The number of nitrogens with zero attached hydrogens (tertiary/aromatic N) is 4. The molecule has 2 aromatic rings. The molecule has 1 aliphatic rings. The standard InChI is InChI=1S/C21H26FN5O3/c22-17-2-4-18(5-3-17)25-20(28)6-11-27(21(29)19-16-23-7-8-24-19)10-1-9-26-12-14-30-15-13-26/h2-5,7-8,16H,1,6,9-15H2,(H,25,28). The summed E-state index contributed by atoms with van der Waals surface area (Å²) in [4.78, 5) is 37.1. The number of anilines is 1. The van der Waals surface area contributed by atoms with Crippen LogP contribution < -0.4 is 5.32 Å². The van der Waals surface area contributed by atoms with Gasteiger partial charge in [-0.15, -0.1) is 0 Å². The van der Waals surface area contributed by atoms with Crippen molar-refractivity contribution in [3.63, 3.8) is 0 Å². The van der Waals surface area contributed by atoms with E-state index in [1.807, 2.05) is 0 Å². The Balaban J connectivity index is 1.54. The molecule has 1 aromatic heterocycles. The van der Waals surface area contributed by atoms with E-state index in [1.54, 1.807) is 4.90 Å². The summed E-state index contributed by atoms with van der Waals surface area (Å²) in [5.74, 6) is -0.861. The topological polar surface area (TPSA) is 87.7 Å². The quantitative estimate of drug-likeness (QED) is 0.672. The highest BCUT2D eigenvalue weighted by Gasteiger charge is 2.19. The normalized spacial score (nSPS) is 14.3. The summed E-state index contributed by atoms with van der Waals surface area (Å²) < 4.78 is 18.4. The van der Waals surface area contributed by atoms with Gasteiger partial charge in [0.2, 0.25) is 5.91 Å². The van der Waals surface area contributed by atoms with Gasteiger partial charge in [0.05, 0.1) is 19.4 Å². The lowest BCUT2D eigenvalue weighted by Gasteiger charge is -2.28. The summed E-state index contributed by atoms with van der Waals surface area (Å²) in [6.07, 6.45) is 5.32. The van der Waals surface area contributed by atoms with Crippen molar-refractivity contribution < 1.29 is 18.7 Å². The Bertz CT molecular complexity index is 813. The summed E-state index contributed by atoms with van der Waals surface area (Å²) in [5, 5.41) is 2.72. The number of hydrogen-bond donors (Lipinski definition) is 1. The molecule has 1 aromatic carbocycles. The SMILES string of the molecule is O=C(CCN(CCCN1CCOCC1)C(=O)c1cnccn1)Nc1ccc(F)cc1. The number of hydrogen-bond acceptors (Lipinski definition) is 6. The minimum atomic E-state index is -0.367. The highest BCUT2D eigenvalue weighted by atomic mass is 19.1. The number of morpholine rings is 1. The minimum Gasteiger partial charge on any atom is -0.379 e. The van der Waals surface area contributed by atoms with Gasteiger partial charge in [0.1, 0.15) is 11.5 Å². The third-order valence-electron chi connectivity index (χ3n) is 4.81. The van der Waals surface area contributed by atoms with Crippen molar-refractivity contribution >= 4 is 17.5 Å². The Kier molecular flexibility index (Phi) is 8.22. The van der Waals surface area contributed by atoms with Gasteiger partial charge >= 0.3 is 0 Å². The first-order valence-corrected chi connectivity index (χ1v) is 10.0. The van der Waals surface area contributed by atoms with Gasteiger partial charge in [-0.25, -0.2) is 9.37 Å². The molecule has 0 saturated carbocycles. The van der Waals surface area contributed by atoms with Crippen LogP contribution in [0.25, 0.3) is 0 Å². The van der Waals surface area contributed by atoms with Crippen LogP contribution >= 0.6 is 0 Å². The van der Waals surface area contributed by atoms with Gasteiger partial charge in [0, 0.05) is 57.2 Å². The molecule has 0 bridgehead atoms. The maximum absolute atomic E-state index is 13.0. The average molecular weight is 415 g/mol. The first-order valence-electron chi connectivity index (χ1n) is 10.0. The minimum absolute atomic E-state index is 0.126. The molecule has 0 radical (unpaired) electrons. The van der Waals surface area contributed by atoms with Gasteiger partial charge in [-0.3, -0.25) is 19.5 Å². The van der Waals surface area contributed by atoms with Gasteiger partial charge in [-0.1, -0.05) is 0 Å². The molecule has 1 fully saturated rings. The second kappa shape index (κ2) is 11.3. The number of amides is 2. The van der Waals surface area contributed by atoms with E-state index >= 15 is 0 Å². The first-order chi connectivity index (χ1) is 14.6. The molecule has 0 unspecified atom stereocenters. The molecule has 1 N–H and O–H groups in total. The monoisotopic (exact) mass is 415 g/mol. The fourth-order valence-electron chi connectivity index (χ4n) is 3.19. The van der Waals surface area contributed by atoms with E-state index in [0.29, 0.717) is 12.2 Å². The number of nitrogens with one attached hydrogen (secondary N) is 1. The molecule has 9 heteroatoms. The number of carbonyl (C=O) groups is 2. The molecular weight excluding hydrogens is 389 g/mol. The van der Waals surface area contributed by atoms with Gasteiger partial charge in [0.25, 0.3) is 5.91 Å². The zero-order valence-electron chi connectivity index (χ0n) is 16.8. The molecule has 3 rings (SSSR count). The van der Waals surface area contributed by atoms with E-state index < -0.39 is 0 Å². The number of aromatic nitrogens is 2. The maximum Gasteiger partial charge on any atom is 0.274 e. The van der Waals surface area contributed by atoms with Crippen molar-refractivity contribution in [3.05, 3.63) is 54.4 Å². The molecule has 0 atom stereocenters. The third-order valence-corrected chi connectivity index (χ3v) is 4.81. The van der Waals surface area contributed by atoms with Gasteiger partial charge in [-0.05, 0) is 30.7 Å². The van der Waals surface area contributed by atoms with Gasteiger partial charge in [0.15, 0.2) is 0 Å². The molecule has 30 heavy (non-hydrogen) atoms. The number of benzene rings is 1. The highest BCUT2D eigenvalue weighted by molar-refractivity contribution is 5.93. The van der Waals surface area contributed by atoms with E-state index in [1.165, 1.54) is 42.9 Å². The zero-order chi connectivity index (χ0) is 21.2. The van der Waals surface area contributed by atoms with Crippen LogP contribution in [0.5, 0.6) is 0 Å². The molecule has 0 spiro atoms. The molecule has 1 saturated heterocycles. The third kappa shape index (κ3) is 6.85. The summed E-state index contributed by atoms with van der Waals surface area (Å²) in [7, 11) is 0. The Labute approximate surface area is 175 Å². The number of rotatable bonds is 9. The van der Waals surface area contributed by atoms with Crippen LogP contribution in [0.4, 0.5) is 10.1 Å². The molecule has 160 valence electrons. The number of halogens is 1. The van der Waals surface area contributed by atoms with Crippen LogP contribution in [0.3, 0.4) is 0 Å². The Morgan fingerprint density at radius 1 is 1.13 bits per heavy atom. The van der Waals surface area contributed by atoms with Crippen molar-refractivity contribution in [1.29, 1.82) is 0 Å². The first kappa shape index (κ1) is 21.8. The molecule has 2 heterocycles. The Morgan fingerprint density at radius 2 is 1.90 bits per heavy atom. The van der Waals surface area contributed by atoms with Crippen molar-refractivity contribution in [1.82, 2.24) is 19.8 Å². The van der Waals surface area contributed by atoms with E-state index in [0.717, 1.165) is 39.3 Å². The summed E-state index contributed by atoms with van der Waals surface area (Å²) in [6, 6.07) is 5.56. The smallest absolute Gasteiger partial charge is 0.274 e. The average Bonchev–Trinajstić information content (AvgIpc) is 2.78. The van der Waals surface area contributed by atoms with E-state index in [2.05, 4.69) is 20.2 Å². The molecule has 8 nitrogen and oxygen atoms in total. The number of ether oxygens (including phenoxy) is 1. The highest BCUT2D eigenvalue weighted by Crippen LogP contribution is 2.10. The molecular formula is C21H26FN5O3. The van der Waals surface area contributed by atoms with Crippen LogP contribution in [0, 0.1) is 5.82 Å². The fourth-order valence-corrected chi connectivity index (χ4v) is 3.19. The van der Waals surface area contributed by atoms with Crippen molar-refractivity contribution in [2.75, 3.05) is 51.3 Å². The fraction of sp³-hybridized carbons (Fsp3) is 0.429. The summed E-state index contributed by atoms with van der Waals surface area (Å²) in [5.41, 5.74) is 0.767. The van der Waals surface area contributed by atoms with Gasteiger partial charge < -0.3 is 15.0 Å². The van der Waals surface area contributed by atoms with Crippen molar-refractivity contribution in [2.24, 2.45) is 0 Å².